The molecule has 0 saturated heterocycles. The normalized spacial score (nSPS) is 12.2. The molecule has 6 nitrogen and oxygen atoms in total. The summed E-state index contributed by atoms with van der Waals surface area (Å²) in [7, 11) is -7.10. The molecule has 0 aliphatic heterocycles. The van der Waals surface area contributed by atoms with Gasteiger partial charge in [0.1, 0.15) is 12.4 Å². The Morgan fingerprint density at radius 1 is 0.815 bits per heavy atom. The number of hydrogen-bond acceptors (Lipinski definition) is 5. The van der Waals surface area contributed by atoms with Crippen LogP contribution in [0.15, 0.2) is 76.5 Å². The van der Waals surface area contributed by atoms with Crippen molar-refractivity contribution in [3.63, 3.8) is 0 Å². The SMILES string of the molecule is CS(=O)(=O)c1ccc(S(=O)(=O)NCCOc2ccc3ccccc3c2)cc1. The summed E-state index contributed by atoms with van der Waals surface area (Å²) in [5, 5.41) is 2.14. The van der Waals surface area contributed by atoms with Crippen molar-refractivity contribution in [1.29, 1.82) is 0 Å². The highest BCUT2D eigenvalue weighted by Gasteiger charge is 2.15. The average molecular weight is 405 g/mol. The van der Waals surface area contributed by atoms with Gasteiger partial charge in [-0.1, -0.05) is 30.3 Å². The number of benzene rings is 3. The lowest BCUT2D eigenvalue weighted by Gasteiger charge is -2.09. The van der Waals surface area contributed by atoms with Gasteiger partial charge in [0.05, 0.1) is 9.79 Å². The first kappa shape index (κ1) is 19.3. The molecule has 0 unspecified atom stereocenters. The van der Waals surface area contributed by atoms with E-state index in [1.807, 2.05) is 42.5 Å². The number of hydrogen-bond donors (Lipinski definition) is 1. The molecule has 0 spiro atoms. The van der Waals surface area contributed by atoms with Gasteiger partial charge < -0.3 is 4.74 Å². The van der Waals surface area contributed by atoms with E-state index in [1.54, 1.807) is 0 Å². The largest absolute Gasteiger partial charge is 0.492 e. The summed E-state index contributed by atoms with van der Waals surface area (Å²) >= 11 is 0. The second kappa shape index (κ2) is 7.67. The Bertz CT molecular complexity index is 1150. The number of sulfonamides is 1. The molecule has 142 valence electrons. The minimum atomic E-state index is -3.74. The monoisotopic (exact) mass is 405 g/mol. The molecule has 0 saturated carbocycles. The quantitative estimate of drug-likeness (QED) is 0.610. The van der Waals surface area contributed by atoms with Gasteiger partial charge in [0.15, 0.2) is 9.84 Å². The molecule has 0 heterocycles. The molecule has 8 heteroatoms. The molecule has 0 radical (unpaired) electrons. The smallest absolute Gasteiger partial charge is 0.240 e. The van der Waals surface area contributed by atoms with Gasteiger partial charge in [-0.05, 0) is 47.2 Å². The van der Waals surface area contributed by atoms with Crippen molar-refractivity contribution >= 4 is 30.6 Å². The van der Waals surface area contributed by atoms with E-state index in [4.69, 9.17) is 4.74 Å². The second-order valence-corrected chi connectivity index (χ2v) is 9.78. The van der Waals surface area contributed by atoms with E-state index in [0.29, 0.717) is 5.75 Å². The topological polar surface area (TPSA) is 89.5 Å². The van der Waals surface area contributed by atoms with Crippen molar-refractivity contribution in [1.82, 2.24) is 4.72 Å². The molecule has 0 amide bonds. The highest BCUT2D eigenvalue weighted by Crippen LogP contribution is 2.20. The molecule has 3 aromatic carbocycles. The van der Waals surface area contributed by atoms with E-state index in [9.17, 15) is 16.8 Å². The van der Waals surface area contributed by atoms with E-state index >= 15 is 0 Å². The zero-order valence-corrected chi connectivity index (χ0v) is 16.3. The molecular formula is C19H19NO5S2. The molecule has 27 heavy (non-hydrogen) atoms. The maximum Gasteiger partial charge on any atom is 0.240 e. The minimum absolute atomic E-state index is 0.000560. The molecule has 3 rings (SSSR count). The van der Waals surface area contributed by atoms with Crippen LogP contribution in [0, 0.1) is 0 Å². The van der Waals surface area contributed by atoms with Crippen LogP contribution in [-0.2, 0) is 19.9 Å². The second-order valence-electron chi connectivity index (χ2n) is 6.00. The van der Waals surface area contributed by atoms with E-state index < -0.39 is 19.9 Å². The number of sulfone groups is 1. The molecular weight excluding hydrogens is 386 g/mol. The van der Waals surface area contributed by atoms with E-state index in [-0.39, 0.29) is 22.9 Å². The third kappa shape index (κ3) is 4.85. The number of fused-ring (bicyclic) bond motifs is 1. The Morgan fingerprint density at radius 3 is 2.11 bits per heavy atom. The Labute approximate surface area is 158 Å². The summed E-state index contributed by atoms with van der Waals surface area (Å²) in [5.74, 6) is 0.658. The van der Waals surface area contributed by atoms with Crippen molar-refractivity contribution in [2.45, 2.75) is 9.79 Å². The predicted molar refractivity (Wildman–Crippen MR) is 104 cm³/mol. The fraction of sp³-hybridized carbons (Fsp3) is 0.158. The lowest BCUT2D eigenvalue weighted by atomic mass is 10.1. The van der Waals surface area contributed by atoms with Gasteiger partial charge in [-0.25, -0.2) is 21.6 Å². The van der Waals surface area contributed by atoms with Crippen molar-refractivity contribution < 1.29 is 21.6 Å². The molecule has 0 atom stereocenters. The Morgan fingerprint density at radius 2 is 1.44 bits per heavy atom. The molecule has 3 aromatic rings. The Balaban J connectivity index is 1.58. The van der Waals surface area contributed by atoms with Crippen LogP contribution in [0.25, 0.3) is 10.8 Å². The first-order chi connectivity index (χ1) is 12.8. The number of nitrogens with one attached hydrogen (secondary N) is 1. The zero-order valence-electron chi connectivity index (χ0n) is 14.6. The van der Waals surface area contributed by atoms with Gasteiger partial charge >= 0.3 is 0 Å². The molecule has 0 bridgehead atoms. The first-order valence-corrected chi connectivity index (χ1v) is 11.5. The lowest BCUT2D eigenvalue weighted by Crippen LogP contribution is -2.28. The van der Waals surface area contributed by atoms with Crippen LogP contribution in [0.4, 0.5) is 0 Å². The lowest BCUT2D eigenvalue weighted by molar-refractivity contribution is 0.323. The molecule has 0 aromatic heterocycles. The highest BCUT2D eigenvalue weighted by atomic mass is 32.2. The fourth-order valence-electron chi connectivity index (χ4n) is 2.55. The van der Waals surface area contributed by atoms with Gasteiger partial charge in [-0.3, -0.25) is 0 Å². The number of ether oxygens (including phenoxy) is 1. The average Bonchev–Trinajstić information content (AvgIpc) is 2.64. The first-order valence-electron chi connectivity index (χ1n) is 8.17. The fourth-order valence-corrected chi connectivity index (χ4v) is 4.20. The van der Waals surface area contributed by atoms with Crippen molar-refractivity contribution in [3.8, 4) is 5.75 Å². The van der Waals surface area contributed by atoms with Gasteiger partial charge in [-0.15, -0.1) is 0 Å². The van der Waals surface area contributed by atoms with Crippen LogP contribution >= 0.6 is 0 Å². The van der Waals surface area contributed by atoms with Crippen LogP contribution in [0.1, 0.15) is 0 Å². The number of rotatable bonds is 7. The minimum Gasteiger partial charge on any atom is -0.492 e. The van der Waals surface area contributed by atoms with Crippen LogP contribution in [0.3, 0.4) is 0 Å². The maximum atomic E-state index is 12.3. The zero-order chi connectivity index (χ0) is 19.5. The van der Waals surface area contributed by atoms with E-state index in [1.165, 1.54) is 24.3 Å². The molecule has 1 N–H and O–H groups in total. The summed E-state index contributed by atoms with van der Waals surface area (Å²) in [6.45, 7) is 0.252. The van der Waals surface area contributed by atoms with Gasteiger partial charge in [0.25, 0.3) is 0 Å². The summed E-state index contributed by atoms with van der Waals surface area (Å²) in [4.78, 5) is 0.0710. The summed E-state index contributed by atoms with van der Waals surface area (Å²) in [6.07, 6.45) is 1.07. The van der Waals surface area contributed by atoms with Crippen LogP contribution in [0.5, 0.6) is 5.75 Å². The maximum absolute atomic E-state index is 12.3. The Hall–Kier alpha value is -2.42. The van der Waals surface area contributed by atoms with Crippen molar-refractivity contribution in [2.75, 3.05) is 19.4 Å². The van der Waals surface area contributed by atoms with Gasteiger partial charge in [0, 0.05) is 12.8 Å². The van der Waals surface area contributed by atoms with Crippen molar-refractivity contribution in [2.24, 2.45) is 0 Å². The Kier molecular flexibility index (Phi) is 5.50. The summed E-state index contributed by atoms with van der Waals surface area (Å²) in [6, 6.07) is 18.6. The standard InChI is InChI=1S/C19H19NO5S2/c1-26(21,22)18-8-10-19(11-9-18)27(23,24)20-12-13-25-17-7-6-15-4-2-3-5-16(15)14-17/h2-11,14,20H,12-13H2,1H3. The van der Waals surface area contributed by atoms with Gasteiger partial charge in [0.2, 0.25) is 10.0 Å². The third-order valence-corrected chi connectivity index (χ3v) is 6.55. The van der Waals surface area contributed by atoms with Crippen LogP contribution in [-0.4, -0.2) is 36.2 Å². The van der Waals surface area contributed by atoms with E-state index in [2.05, 4.69) is 4.72 Å². The predicted octanol–water partition coefficient (Wildman–Crippen LogP) is 2.60. The summed E-state index contributed by atoms with van der Waals surface area (Å²) in [5.41, 5.74) is 0. The third-order valence-electron chi connectivity index (χ3n) is 3.95. The highest BCUT2D eigenvalue weighted by molar-refractivity contribution is 7.90. The molecule has 0 aliphatic rings. The van der Waals surface area contributed by atoms with E-state index in [0.717, 1.165) is 17.0 Å². The van der Waals surface area contributed by atoms with Crippen LogP contribution < -0.4 is 9.46 Å². The summed E-state index contributed by atoms with van der Waals surface area (Å²) < 4.78 is 55.4. The van der Waals surface area contributed by atoms with Crippen molar-refractivity contribution in [3.05, 3.63) is 66.7 Å². The van der Waals surface area contributed by atoms with Crippen LogP contribution in [0.2, 0.25) is 0 Å². The van der Waals surface area contributed by atoms with Gasteiger partial charge in [-0.2, -0.15) is 0 Å². The molecule has 0 fully saturated rings. The molecule has 0 aliphatic carbocycles.